The Labute approximate surface area is 173 Å². The molecule has 1 aliphatic rings. The molecule has 0 saturated carbocycles. The molecule has 150 valence electrons. The predicted octanol–water partition coefficient (Wildman–Crippen LogP) is 3.55. The monoisotopic (exact) mass is 428 g/mol. The van der Waals surface area contributed by atoms with Crippen LogP contribution in [-0.2, 0) is 21.4 Å². The van der Waals surface area contributed by atoms with E-state index < -0.39 is 15.9 Å². The van der Waals surface area contributed by atoms with E-state index in [1.54, 1.807) is 12.1 Å². The second-order valence-electron chi connectivity index (χ2n) is 6.84. The number of thiophene rings is 1. The van der Waals surface area contributed by atoms with Gasteiger partial charge in [0.2, 0.25) is 5.91 Å². The van der Waals surface area contributed by atoms with E-state index in [0.717, 1.165) is 27.3 Å². The molecule has 0 saturated heterocycles. The number of nitrogens with one attached hydrogen (secondary N) is 1. The van der Waals surface area contributed by atoms with Crippen molar-refractivity contribution in [3.63, 3.8) is 0 Å². The highest BCUT2D eigenvalue weighted by atomic mass is 32.2. The van der Waals surface area contributed by atoms with E-state index in [-0.39, 0.29) is 16.7 Å². The lowest BCUT2D eigenvalue weighted by Crippen LogP contribution is -2.31. The number of carbonyl (C=O) groups is 1. The van der Waals surface area contributed by atoms with E-state index in [1.807, 2.05) is 48.5 Å². The van der Waals surface area contributed by atoms with Gasteiger partial charge in [0.15, 0.2) is 0 Å². The van der Waals surface area contributed by atoms with Crippen molar-refractivity contribution in [3.05, 3.63) is 76.7 Å². The number of amides is 1. The number of carbonyl (C=O) groups excluding carboxylic acids is 1. The van der Waals surface area contributed by atoms with Gasteiger partial charge >= 0.3 is 0 Å². The van der Waals surface area contributed by atoms with E-state index in [2.05, 4.69) is 5.32 Å². The molecule has 0 fully saturated rings. The van der Waals surface area contributed by atoms with Crippen LogP contribution in [0.25, 0.3) is 0 Å². The van der Waals surface area contributed by atoms with Gasteiger partial charge in [0.1, 0.15) is 15.7 Å². The molecule has 4 rings (SSSR count). The van der Waals surface area contributed by atoms with Crippen LogP contribution >= 0.6 is 11.3 Å². The van der Waals surface area contributed by atoms with Crippen LogP contribution in [0.5, 0.6) is 11.5 Å². The minimum atomic E-state index is -3.47. The molecule has 8 heteroatoms. The molecule has 1 aromatic heterocycles. The highest BCUT2D eigenvalue weighted by Crippen LogP contribution is 2.43. The fourth-order valence-corrected chi connectivity index (χ4v) is 5.70. The lowest BCUT2D eigenvalue weighted by atomic mass is 9.87. The number of sulfonamides is 1. The average Bonchev–Trinajstić information content (AvgIpc) is 3.20. The van der Waals surface area contributed by atoms with Gasteiger partial charge in [-0.3, -0.25) is 4.79 Å². The van der Waals surface area contributed by atoms with Crippen molar-refractivity contribution in [2.75, 3.05) is 14.1 Å². The average molecular weight is 429 g/mol. The largest absolute Gasteiger partial charge is 0.457 e. The highest BCUT2D eigenvalue weighted by Gasteiger charge is 2.32. The molecular formula is C21H20N2O4S2. The van der Waals surface area contributed by atoms with Crippen molar-refractivity contribution < 1.29 is 17.9 Å². The summed E-state index contributed by atoms with van der Waals surface area (Å²) < 4.78 is 31.9. The van der Waals surface area contributed by atoms with Crippen molar-refractivity contribution in [1.29, 1.82) is 0 Å². The van der Waals surface area contributed by atoms with E-state index in [9.17, 15) is 13.2 Å². The Bertz CT molecular complexity index is 1120. The Kier molecular flexibility index (Phi) is 5.16. The van der Waals surface area contributed by atoms with Crippen molar-refractivity contribution in [2.24, 2.45) is 0 Å². The molecule has 1 N–H and O–H groups in total. The minimum Gasteiger partial charge on any atom is -0.457 e. The molecule has 1 amide bonds. The topological polar surface area (TPSA) is 75.7 Å². The molecule has 0 atom stereocenters. The summed E-state index contributed by atoms with van der Waals surface area (Å²) in [5, 5.41) is 2.95. The number of hydrogen-bond acceptors (Lipinski definition) is 5. The summed E-state index contributed by atoms with van der Waals surface area (Å²) in [5.74, 6) is 0.698. The van der Waals surface area contributed by atoms with Gasteiger partial charge in [-0.2, -0.15) is 0 Å². The van der Waals surface area contributed by atoms with Crippen LogP contribution in [0.1, 0.15) is 21.9 Å². The van der Waals surface area contributed by atoms with Crippen LogP contribution in [0, 0.1) is 0 Å². The first-order valence-corrected chi connectivity index (χ1v) is 11.3. The standard InChI is InChI=1S/C21H20N2O4S2/c1-23(2)29(25,26)19-12-11-14(28-19)13-22-21(24)20-15-7-3-5-9-17(15)27-18-10-6-4-8-16(18)20/h3-12,20H,13H2,1-2H3,(H,22,24). The van der Waals surface area contributed by atoms with Crippen LogP contribution in [-0.4, -0.2) is 32.7 Å². The zero-order chi connectivity index (χ0) is 20.6. The summed E-state index contributed by atoms with van der Waals surface area (Å²) in [5.41, 5.74) is 1.62. The van der Waals surface area contributed by atoms with Gasteiger partial charge in [0, 0.05) is 30.1 Å². The van der Waals surface area contributed by atoms with Gasteiger partial charge in [-0.05, 0) is 24.3 Å². The SMILES string of the molecule is CN(C)S(=O)(=O)c1ccc(CNC(=O)C2c3ccccc3Oc3ccccc32)s1. The van der Waals surface area contributed by atoms with Crippen molar-refractivity contribution in [1.82, 2.24) is 9.62 Å². The third kappa shape index (κ3) is 3.66. The number of para-hydroxylation sites is 2. The molecule has 6 nitrogen and oxygen atoms in total. The predicted molar refractivity (Wildman–Crippen MR) is 112 cm³/mol. The van der Waals surface area contributed by atoms with Crippen molar-refractivity contribution in [2.45, 2.75) is 16.7 Å². The fourth-order valence-electron chi connectivity index (χ4n) is 3.24. The van der Waals surface area contributed by atoms with Crippen molar-refractivity contribution in [3.8, 4) is 11.5 Å². The Morgan fingerprint density at radius 1 is 1.00 bits per heavy atom. The second-order valence-corrected chi connectivity index (χ2v) is 10.4. The van der Waals surface area contributed by atoms with Crippen LogP contribution in [0.15, 0.2) is 64.9 Å². The summed E-state index contributed by atoms with van der Waals surface area (Å²) >= 11 is 1.16. The molecule has 0 unspecified atom stereocenters. The number of benzene rings is 2. The zero-order valence-electron chi connectivity index (χ0n) is 16.0. The summed E-state index contributed by atoms with van der Waals surface area (Å²) in [6.07, 6.45) is 0. The van der Waals surface area contributed by atoms with Crippen LogP contribution in [0.2, 0.25) is 0 Å². The first-order chi connectivity index (χ1) is 13.9. The van der Waals surface area contributed by atoms with Crippen LogP contribution in [0.4, 0.5) is 0 Å². The number of rotatable bonds is 5. The van der Waals surface area contributed by atoms with E-state index in [0.29, 0.717) is 11.5 Å². The van der Waals surface area contributed by atoms with Crippen molar-refractivity contribution >= 4 is 27.3 Å². The summed E-state index contributed by atoms with van der Waals surface area (Å²) in [4.78, 5) is 13.9. The molecular weight excluding hydrogens is 408 g/mol. The number of ether oxygens (including phenoxy) is 1. The molecule has 0 bridgehead atoms. The maximum absolute atomic E-state index is 13.1. The summed E-state index contributed by atoms with van der Waals surface area (Å²) in [6, 6.07) is 18.3. The maximum Gasteiger partial charge on any atom is 0.252 e. The summed E-state index contributed by atoms with van der Waals surface area (Å²) in [6.45, 7) is 0.258. The second kappa shape index (κ2) is 7.62. The number of fused-ring (bicyclic) bond motifs is 2. The van der Waals surface area contributed by atoms with Gasteiger partial charge < -0.3 is 10.1 Å². The van der Waals surface area contributed by atoms with E-state index in [1.165, 1.54) is 18.4 Å². The van der Waals surface area contributed by atoms with Gasteiger partial charge in [0.05, 0.1) is 12.5 Å². The van der Waals surface area contributed by atoms with Gasteiger partial charge in [0.25, 0.3) is 10.0 Å². The first-order valence-electron chi connectivity index (χ1n) is 9.02. The number of hydrogen-bond donors (Lipinski definition) is 1. The van der Waals surface area contributed by atoms with Crippen LogP contribution < -0.4 is 10.1 Å². The lowest BCUT2D eigenvalue weighted by molar-refractivity contribution is -0.122. The quantitative estimate of drug-likeness (QED) is 0.674. The normalized spacial score (nSPS) is 13.5. The molecule has 2 heterocycles. The first kappa shape index (κ1) is 19.6. The van der Waals surface area contributed by atoms with E-state index >= 15 is 0 Å². The molecule has 0 radical (unpaired) electrons. The van der Waals surface area contributed by atoms with Gasteiger partial charge in [-0.25, -0.2) is 12.7 Å². The molecule has 0 aliphatic carbocycles. The minimum absolute atomic E-state index is 0.154. The zero-order valence-corrected chi connectivity index (χ0v) is 17.6. The lowest BCUT2D eigenvalue weighted by Gasteiger charge is -2.27. The third-order valence-electron chi connectivity index (χ3n) is 4.75. The smallest absolute Gasteiger partial charge is 0.252 e. The molecule has 1 aliphatic heterocycles. The Hall–Kier alpha value is -2.68. The fraction of sp³-hybridized carbons (Fsp3) is 0.190. The number of nitrogens with zero attached hydrogens (tertiary/aromatic N) is 1. The Balaban J connectivity index is 1.57. The van der Waals surface area contributed by atoms with E-state index in [4.69, 9.17) is 4.74 Å². The Morgan fingerprint density at radius 2 is 1.59 bits per heavy atom. The summed E-state index contributed by atoms with van der Waals surface area (Å²) in [7, 11) is -0.479. The maximum atomic E-state index is 13.1. The third-order valence-corrected chi connectivity index (χ3v) is 8.12. The van der Waals surface area contributed by atoms with Gasteiger partial charge in [-0.1, -0.05) is 36.4 Å². The Morgan fingerprint density at radius 3 is 2.17 bits per heavy atom. The molecule has 0 spiro atoms. The highest BCUT2D eigenvalue weighted by molar-refractivity contribution is 7.91. The van der Waals surface area contributed by atoms with Gasteiger partial charge in [-0.15, -0.1) is 11.3 Å². The molecule has 29 heavy (non-hydrogen) atoms. The molecule has 3 aromatic rings. The van der Waals surface area contributed by atoms with Crippen LogP contribution in [0.3, 0.4) is 0 Å². The molecule has 2 aromatic carbocycles.